The number of carbonyl (C=O) groups excluding carboxylic acids is 2. The van der Waals surface area contributed by atoms with Crippen LogP contribution in [-0.4, -0.2) is 41.8 Å². The molecule has 2 amide bonds. The van der Waals surface area contributed by atoms with E-state index in [-0.39, 0.29) is 5.91 Å². The standard InChI is InChI=1S/C17H20ClN3O2/c1-3-6-16(21-10-9-20(12-22)11-13(21)2)17(23)19-15-8-5-4-7-14(15)18/h4-8,12H,2-3,9-11H2,1H3,(H,19,23)/b16-6-. The zero-order chi connectivity index (χ0) is 16.8. The van der Waals surface area contributed by atoms with E-state index in [1.807, 2.05) is 24.0 Å². The number of piperazine rings is 1. The maximum Gasteiger partial charge on any atom is 0.271 e. The first-order chi connectivity index (χ1) is 11.1. The molecule has 1 aromatic carbocycles. The van der Waals surface area contributed by atoms with Gasteiger partial charge in [0.05, 0.1) is 17.3 Å². The van der Waals surface area contributed by atoms with Crippen molar-refractivity contribution in [1.29, 1.82) is 0 Å². The number of hydrogen-bond acceptors (Lipinski definition) is 3. The van der Waals surface area contributed by atoms with Crippen LogP contribution in [0.1, 0.15) is 13.3 Å². The average Bonchev–Trinajstić information content (AvgIpc) is 2.55. The highest BCUT2D eigenvalue weighted by atomic mass is 35.5. The van der Waals surface area contributed by atoms with Crippen molar-refractivity contribution >= 4 is 29.6 Å². The molecular formula is C17H20ClN3O2. The summed E-state index contributed by atoms with van der Waals surface area (Å²) in [6.45, 7) is 7.47. The second-order valence-electron chi connectivity index (χ2n) is 5.23. The molecule has 23 heavy (non-hydrogen) atoms. The van der Waals surface area contributed by atoms with Crippen LogP contribution in [0.3, 0.4) is 0 Å². The topological polar surface area (TPSA) is 52.7 Å². The molecule has 0 atom stereocenters. The smallest absolute Gasteiger partial charge is 0.271 e. The van der Waals surface area contributed by atoms with E-state index in [0.717, 1.165) is 12.1 Å². The lowest BCUT2D eigenvalue weighted by Gasteiger charge is -2.36. The van der Waals surface area contributed by atoms with Crippen LogP contribution in [0.4, 0.5) is 5.69 Å². The van der Waals surface area contributed by atoms with E-state index in [0.29, 0.717) is 42.5 Å². The molecule has 0 aliphatic carbocycles. The van der Waals surface area contributed by atoms with Gasteiger partial charge in [-0.2, -0.15) is 0 Å². The molecule has 0 aromatic heterocycles. The number of hydrogen-bond donors (Lipinski definition) is 1. The summed E-state index contributed by atoms with van der Waals surface area (Å²) in [4.78, 5) is 27.0. The van der Waals surface area contributed by atoms with Gasteiger partial charge in [0.15, 0.2) is 0 Å². The Hall–Kier alpha value is -2.27. The lowest BCUT2D eigenvalue weighted by Crippen LogP contribution is -2.45. The van der Waals surface area contributed by atoms with Crippen molar-refractivity contribution in [3.63, 3.8) is 0 Å². The van der Waals surface area contributed by atoms with Crippen LogP contribution < -0.4 is 5.32 Å². The molecule has 0 unspecified atom stereocenters. The van der Waals surface area contributed by atoms with Gasteiger partial charge < -0.3 is 15.1 Å². The molecule has 1 heterocycles. The fourth-order valence-electron chi connectivity index (χ4n) is 2.43. The van der Waals surface area contributed by atoms with E-state index in [9.17, 15) is 9.59 Å². The van der Waals surface area contributed by atoms with Crippen LogP contribution in [0.5, 0.6) is 0 Å². The van der Waals surface area contributed by atoms with Gasteiger partial charge in [-0.05, 0) is 18.6 Å². The predicted molar refractivity (Wildman–Crippen MR) is 91.9 cm³/mol. The van der Waals surface area contributed by atoms with Crippen molar-refractivity contribution in [3.8, 4) is 0 Å². The van der Waals surface area contributed by atoms with Gasteiger partial charge in [-0.15, -0.1) is 0 Å². The van der Waals surface area contributed by atoms with Gasteiger partial charge in [0.1, 0.15) is 5.70 Å². The Morgan fingerprint density at radius 3 is 2.74 bits per heavy atom. The van der Waals surface area contributed by atoms with E-state index in [2.05, 4.69) is 11.9 Å². The van der Waals surface area contributed by atoms with Crippen LogP contribution >= 0.6 is 11.6 Å². The van der Waals surface area contributed by atoms with E-state index >= 15 is 0 Å². The normalized spacial score (nSPS) is 15.6. The second kappa shape index (κ2) is 7.83. The van der Waals surface area contributed by atoms with Crippen LogP contribution in [-0.2, 0) is 9.59 Å². The first-order valence-electron chi connectivity index (χ1n) is 7.47. The summed E-state index contributed by atoms with van der Waals surface area (Å²) in [5.41, 5.74) is 1.82. The second-order valence-corrected chi connectivity index (χ2v) is 5.63. The van der Waals surface area contributed by atoms with Gasteiger partial charge >= 0.3 is 0 Å². The van der Waals surface area contributed by atoms with E-state index in [1.165, 1.54) is 0 Å². The highest BCUT2D eigenvalue weighted by Gasteiger charge is 2.25. The van der Waals surface area contributed by atoms with Gasteiger partial charge in [0.2, 0.25) is 6.41 Å². The number of allylic oxidation sites excluding steroid dienone is 1. The molecule has 5 nitrogen and oxygen atoms in total. The molecule has 0 saturated carbocycles. The van der Waals surface area contributed by atoms with Crippen LogP contribution in [0.2, 0.25) is 5.02 Å². The molecule has 122 valence electrons. The van der Waals surface area contributed by atoms with Crippen molar-refractivity contribution < 1.29 is 9.59 Å². The molecule has 1 aliphatic rings. The predicted octanol–water partition coefficient (Wildman–Crippen LogP) is 2.86. The quantitative estimate of drug-likeness (QED) is 0.666. The minimum absolute atomic E-state index is 0.236. The lowest BCUT2D eigenvalue weighted by molar-refractivity contribution is -0.118. The van der Waals surface area contributed by atoms with Gasteiger partial charge in [0.25, 0.3) is 5.91 Å². The fourth-order valence-corrected chi connectivity index (χ4v) is 2.62. The molecule has 1 N–H and O–H groups in total. The zero-order valence-corrected chi connectivity index (χ0v) is 13.8. The SMILES string of the molecule is C=C1CN(C=O)CCN1/C(=C\CC)C(=O)Nc1ccccc1Cl. The summed E-state index contributed by atoms with van der Waals surface area (Å²) in [6.07, 6.45) is 3.37. The Balaban J connectivity index is 2.17. The summed E-state index contributed by atoms with van der Waals surface area (Å²) < 4.78 is 0. The van der Waals surface area contributed by atoms with Gasteiger partial charge in [0, 0.05) is 18.8 Å². The minimum atomic E-state index is -0.236. The highest BCUT2D eigenvalue weighted by Crippen LogP contribution is 2.23. The fraction of sp³-hybridized carbons (Fsp3) is 0.294. The maximum atomic E-state index is 12.6. The monoisotopic (exact) mass is 333 g/mol. The third-order valence-electron chi connectivity index (χ3n) is 3.57. The largest absolute Gasteiger partial charge is 0.338 e. The van der Waals surface area contributed by atoms with E-state index < -0.39 is 0 Å². The summed E-state index contributed by atoms with van der Waals surface area (Å²) in [7, 11) is 0. The number of rotatable bonds is 5. The van der Waals surface area contributed by atoms with Crippen LogP contribution in [0.15, 0.2) is 48.3 Å². The first-order valence-corrected chi connectivity index (χ1v) is 7.85. The van der Waals surface area contributed by atoms with Gasteiger partial charge in [-0.3, -0.25) is 9.59 Å². The number of nitrogens with zero attached hydrogens (tertiary/aromatic N) is 2. The van der Waals surface area contributed by atoms with Crippen LogP contribution in [0, 0.1) is 0 Å². The molecule has 0 radical (unpaired) electrons. The molecule has 1 aromatic rings. The lowest BCUT2D eigenvalue weighted by atomic mass is 10.2. The summed E-state index contributed by atoms with van der Waals surface area (Å²) >= 11 is 6.09. The number of para-hydroxylation sites is 1. The number of amides is 2. The van der Waals surface area contributed by atoms with Gasteiger partial charge in [-0.1, -0.05) is 43.3 Å². The number of anilines is 1. The van der Waals surface area contributed by atoms with Crippen LogP contribution in [0.25, 0.3) is 0 Å². The Morgan fingerprint density at radius 1 is 1.39 bits per heavy atom. The molecule has 6 heteroatoms. The molecule has 2 rings (SSSR count). The number of halogens is 1. The molecule has 1 aliphatic heterocycles. The number of benzene rings is 1. The Morgan fingerprint density at radius 2 is 2.13 bits per heavy atom. The Labute approximate surface area is 141 Å². The zero-order valence-electron chi connectivity index (χ0n) is 13.1. The molecule has 0 bridgehead atoms. The summed E-state index contributed by atoms with van der Waals surface area (Å²) in [5, 5.41) is 3.32. The number of nitrogens with one attached hydrogen (secondary N) is 1. The first kappa shape index (κ1) is 17.1. The van der Waals surface area contributed by atoms with E-state index in [1.54, 1.807) is 23.1 Å². The summed E-state index contributed by atoms with van der Waals surface area (Å²) in [5.74, 6) is -0.236. The molecule has 1 saturated heterocycles. The third kappa shape index (κ3) is 4.13. The van der Waals surface area contributed by atoms with E-state index in [4.69, 9.17) is 11.6 Å². The summed E-state index contributed by atoms with van der Waals surface area (Å²) in [6, 6.07) is 7.10. The Bertz CT molecular complexity index is 642. The van der Waals surface area contributed by atoms with Crippen molar-refractivity contribution in [2.45, 2.75) is 13.3 Å². The molecule has 0 spiro atoms. The third-order valence-corrected chi connectivity index (χ3v) is 3.90. The highest BCUT2D eigenvalue weighted by molar-refractivity contribution is 6.33. The molecular weight excluding hydrogens is 314 g/mol. The minimum Gasteiger partial charge on any atom is -0.338 e. The maximum absolute atomic E-state index is 12.6. The van der Waals surface area contributed by atoms with Crippen molar-refractivity contribution in [2.75, 3.05) is 25.0 Å². The Kier molecular flexibility index (Phi) is 5.82. The van der Waals surface area contributed by atoms with Crippen molar-refractivity contribution in [2.24, 2.45) is 0 Å². The van der Waals surface area contributed by atoms with Gasteiger partial charge in [-0.25, -0.2) is 0 Å². The van der Waals surface area contributed by atoms with Crippen molar-refractivity contribution in [1.82, 2.24) is 9.80 Å². The average molecular weight is 334 g/mol. The van der Waals surface area contributed by atoms with Crippen molar-refractivity contribution in [3.05, 3.63) is 53.3 Å². The number of carbonyl (C=O) groups is 2. The molecule has 1 fully saturated rings.